The maximum absolute atomic E-state index is 12.1. The SMILES string of the molecule is CCCCCCS(=O)(=O)c1ccc(OC)c(C(=O)O)c1. The van der Waals surface area contributed by atoms with E-state index >= 15 is 0 Å². The van der Waals surface area contributed by atoms with Crippen LogP contribution in [0.2, 0.25) is 0 Å². The van der Waals surface area contributed by atoms with E-state index in [4.69, 9.17) is 9.84 Å². The minimum Gasteiger partial charge on any atom is -0.496 e. The zero-order valence-electron chi connectivity index (χ0n) is 11.8. The van der Waals surface area contributed by atoms with E-state index in [9.17, 15) is 13.2 Å². The Balaban J connectivity index is 2.95. The molecule has 0 saturated heterocycles. The van der Waals surface area contributed by atoms with Gasteiger partial charge in [0.05, 0.1) is 17.8 Å². The van der Waals surface area contributed by atoms with Crippen LogP contribution in [0.1, 0.15) is 43.0 Å². The number of carboxylic acid groups (broad SMARTS) is 1. The number of ether oxygens (including phenoxy) is 1. The van der Waals surface area contributed by atoms with Gasteiger partial charge in [-0.05, 0) is 24.6 Å². The molecule has 0 aliphatic rings. The molecular weight excluding hydrogens is 280 g/mol. The number of unbranched alkanes of at least 4 members (excludes halogenated alkanes) is 3. The maximum atomic E-state index is 12.1. The van der Waals surface area contributed by atoms with Gasteiger partial charge in [-0.2, -0.15) is 0 Å². The van der Waals surface area contributed by atoms with Crippen molar-refractivity contribution in [2.24, 2.45) is 0 Å². The molecule has 5 nitrogen and oxygen atoms in total. The highest BCUT2D eigenvalue weighted by atomic mass is 32.2. The predicted molar refractivity (Wildman–Crippen MR) is 76.1 cm³/mol. The molecule has 0 atom stereocenters. The zero-order valence-corrected chi connectivity index (χ0v) is 12.6. The van der Waals surface area contributed by atoms with Crippen LogP contribution in [0, 0.1) is 0 Å². The van der Waals surface area contributed by atoms with Gasteiger partial charge < -0.3 is 9.84 Å². The van der Waals surface area contributed by atoms with E-state index in [1.807, 2.05) is 0 Å². The summed E-state index contributed by atoms with van der Waals surface area (Å²) in [6.45, 7) is 2.05. The smallest absolute Gasteiger partial charge is 0.339 e. The largest absolute Gasteiger partial charge is 0.496 e. The van der Waals surface area contributed by atoms with Crippen LogP contribution >= 0.6 is 0 Å². The molecule has 0 radical (unpaired) electrons. The number of sulfone groups is 1. The van der Waals surface area contributed by atoms with Crippen molar-refractivity contribution in [1.29, 1.82) is 0 Å². The second-order valence-electron chi connectivity index (χ2n) is 4.55. The molecule has 0 heterocycles. The number of benzene rings is 1. The molecule has 0 aromatic heterocycles. The normalized spacial score (nSPS) is 11.3. The number of rotatable bonds is 8. The lowest BCUT2D eigenvalue weighted by atomic mass is 10.2. The molecule has 1 aromatic carbocycles. The lowest BCUT2D eigenvalue weighted by Gasteiger charge is -2.08. The molecule has 1 rings (SSSR count). The van der Waals surface area contributed by atoms with Crippen LogP contribution in [-0.2, 0) is 9.84 Å². The highest BCUT2D eigenvalue weighted by Gasteiger charge is 2.19. The summed E-state index contributed by atoms with van der Waals surface area (Å²) in [5.74, 6) is -1.01. The summed E-state index contributed by atoms with van der Waals surface area (Å²) in [6, 6.07) is 3.93. The van der Waals surface area contributed by atoms with Gasteiger partial charge in [0.15, 0.2) is 9.84 Å². The van der Waals surface area contributed by atoms with E-state index in [0.29, 0.717) is 6.42 Å². The standard InChI is InChI=1S/C14H20O5S/c1-3-4-5-6-9-20(17,18)11-7-8-13(19-2)12(10-11)14(15)16/h7-8,10H,3-6,9H2,1-2H3,(H,15,16). The minimum absolute atomic E-state index is 0.0344. The molecule has 0 unspecified atom stereocenters. The van der Waals surface area contributed by atoms with E-state index in [2.05, 4.69) is 6.92 Å². The third kappa shape index (κ3) is 4.23. The van der Waals surface area contributed by atoms with Crippen molar-refractivity contribution < 1.29 is 23.1 Å². The summed E-state index contributed by atoms with van der Waals surface area (Å²) in [5.41, 5.74) is -0.137. The molecule has 20 heavy (non-hydrogen) atoms. The van der Waals surface area contributed by atoms with Crippen LogP contribution in [0.15, 0.2) is 23.1 Å². The molecule has 0 spiro atoms. The van der Waals surface area contributed by atoms with Gasteiger partial charge in [-0.1, -0.05) is 26.2 Å². The van der Waals surface area contributed by atoms with Gasteiger partial charge in [0.1, 0.15) is 11.3 Å². The molecular formula is C14H20O5S. The second-order valence-corrected chi connectivity index (χ2v) is 6.66. The highest BCUT2D eigenvalue weighted by molar-refractivity contribution is 7.91. The van der Waals surface area contributed by atoms with Crippen molar-refractivity contribution in [3.63, 3.8) is 0 Å². The number of carbonyl (C=O) groups is 1. The Bertz CT molecular complexity index is 563. The van der Waals surface area contributed by atoms with Crippen molar-refractivity contribution in [3.8, 4) is 5.75 Å². The van der Waals surface area contributed by atoms with Crippen LogP contribution in [-0.4, -0.2) is 32.4 Å². The molecule has 0 fully saturated rings. The first-order valence-electron chi connectivity index (χ1n) is 6.56. The molecule has 6 heteroatoms. The summed E-state index contributed by atoms with van der Waals surface area (Å²) in [5, 5.41) is 9.06. The van der Waals surface area contributed by atoms with Gasteiger partial charge in [-0.15, -0.1) is 0 Å². The average Bonchev–Trinajstić information content (AvgIpc) is 2.42. The lowest BCUT2D eigenvalue weighted by molar-refractivity contribution is 0.0693. The molecule has 1 aromatic rings. The molecule has 0 aliphatic heterocycles. The Labute approximate surface area is 119 Å². The molecule has 112 valence electrons. The van der Waals surface area contributed by atoms with Crippen LogP contribution in [0.4, 0.5) is 0 Å². The van der Waals surface area contributed by atoms with Crippen molar-refractivity contribution in [1.82, 2.24) is 0 Å². The highest BCUT2D eigenvalue weighted by Crippen LogP contribution is 2.23. The fraction of sp³-hybridized carbons (Fsp3) is 0.500. The fourth-order valence-corrected chi connectivity index (χ4v) is 3.28. The van der Waals surface area contributed by atoms with Crippen LogP contribution in [0.5, 0.6) is 5.75 Å². The van der Waals surface area contributed by atoms with E-state index in [1.54, 1.807) is 0 Å². The summed E-state index contributed by atoms with van der Waals surface area (Å²) in [4.78, 5) is 11.1. The number of aromatic carboxylic acids is 1. The summed E-state index contributed by atoms with van der Waals surface area (Å²) in [7, 11) is -2.09. The second kappa shape index (κ2) is 7.28. The van der Waals surface area contributed by atoms with Gasteiger partial charge in [-0.3, -0.25) is 0 Å². The molecule has 0 saturated carbocycles. The third-order valence-corrected chi connectivity index (χ3v) is 4.83. The first-order chi connectivity index (χ1) is 9.42. The van der Waals surface area contributed by atoms with E-state index in [-0.39, 0.29) is 22.0 Å². The summed E-state index contributed by atoms with van der Waals surface area (Å²) < 4.78 is 29.2. The first-order valence-corrected chi connectivity index (χ1v) is 8.21. The topological polar surface area (TPSA) is 80.7 Å². The number of carboxylic acids is 1. The number of methoxy groups -OCH3 is 1. The predicted octanol–water partition coefficient (Wildman–Crippen LogP) is 2.75. The molecule has 0 bridgehead atoms. The van der Waals surface area contributed by atoms with Crippen LogP contribution in [0.25, 0.3) is 0 Å². The van der Waals surface area contributed by atoms with Gasteiger partial charge in [0.25, 0.3) is 0 Å². The van der Waals surface area contributed by atoms with Gasteiger partial charge in [-0.25, -0.2) is 13.2 Å². The van der Waals surface area contributed by atoms with E-state index in [1.165, 1.54) is 19.2 Å². The van der Waals surface area contributed by atoms with Crippen LogP contribution in [0.3, 0.4) is 0 Å². The summed E-state index contributed by atoms with van der Waals surface area (Å²) >= 11 is 0. The molecule has 1 N–H and O–H groups in total. The molecule has 0 aliphatic carbocycles. The minimum atomic E-state index is -3.44. The quantitative estimate of drug-likeness (QED) is 0.747. The van der Waals surface area contributed by atoms with Gasteiger partial charge >= 0.3 is 5.97 Å². The fourth-order valence-electron chi connectivity index (χ4n) is 1.88. The Hall–Kier alpha value is -1.56. The monoisotopic (exact) mass is 300 g/mol. The Morgan fingerprint density at radius 3 is 2.50 bits per heavy atom. The van der Waals surface area contributed by atoms with Crippen molar-refractivity contribution in [2.45, 2.75) is 37.5 Å². The lowest BCUT2D eigenvalue weighted by Crippen LogP contribution is -2.09. The van der Waals surface area contributed by atoms with E-state index < -0.39 is 15.8 Å². The molecule has 0 amide bonds. The van der Waals surface area contributed by atoms with Gasteiger partial charge in [0, 0.05) is 0 Å². The average molecular weight is 300 g/mol. The number of hydrogen-bond acceptors (Lipinski definition) is 4. The maximum Gasteiger partial charge on any atom is 0.339 e. The summed E-state index contributed by atoms with van der Waals surface area (Å²) in [6.07, 6.45) is 3.48. The Kier molecular flexibility index (Phi) is 6.01. The zero-order chi connectivity index (χ0) is 15.2. The van der Waals surface area contributed by atoms with Crippen molar-refractivity contribution in [3.05, 3.63) is 23.8 Å². The Morgan fingerprint density at radius 2 is 1.95 bits per heavy atom. The number of hydrogen-bond donors (Lipinski definition) is 1. The Morgan fingerprint density at radius 1 is 1.25 bits per heavy atom. The first kappa shape index (κ1) is 16.5. The van der Waals surface area contributed by atoms with E-state index in [0.717, 1.165) is 25.3 Å². The van der Waals surface area contributed by atoms with Gasteiger partial charge in [0.2, 0.25) is 0 Å². The third-order valence-electron chi connectivity index (χ3n) is 3.03. The van der Waals surface area contributed by atoms with Crippen LogP contribution < -0.4 is 4.74 Å². The van der Waals surface area contributed by atoms with Crippen molar-refractivity contribution in [2.75, 3.05) is 12.9 Å². The van der Waals surface area contributed by atoms with Crippen molar-refractivity contribution >= 4 is 15.8 Å².